The van der Waals surface area contributed by atoms with Gasteiger partial charge in [0.15, 0.2) is 6.30 Å². The SMILES string of the molecule is FC(C(F)(F)F)C(F)(F)C1CCCC(C(F)(C(F)N2CCC(C(F)(F)F)CC2)C(F)(F)F)O1. The van der Waals surface area contributed by atoms with E-state index in [1.807, 2.05) is 0 Å². The molecule has 0 saturated carbocycles. The van der Waals surface area contributed by atoms with E-state index in [0.717, 1.165) is 0 Å². The largest absolute Gasteiger partial charge is 0.429 e. The summed E-state index contributed by atoms with van der Waals surface area (Å²) in [7, 11) is 0. The Bertz CT molecular complexity index is 654. The van der Waals surface area contributed by atoms with E-state index in [9.17, 15) is 57.1 Å². The van der Waals surface area contributed by atoms with Gasteiger partial charge < -0.3 is 4.74 Å². The molecule has 2 heterocycles. The van der Waals surface area contributed by atoms with Crippen molar-refractivity contribution in [3.8, 4) is 0 Å². The van der Waals surface area contributed by atoms with Gasteiger partial charge in [0, 0.05) is 13.1 Å². The Morgan fingerprint density at radius 2 is 1.18 bits per heavy atom. The van der Waals surface area contributed by atoms with Gasteiger partial charge in [-0.15, -0.1) is 0 Å². The van der Waals surface area contributed by atoms with E-state index in [1.54, 1.807) is 0 Å². The van der Waals surface area contributed by atoms with Crippen LogP contribution in [0.2, 0.25) is 0 Å². The first-order chi connectivity index (χ1) is 14.7. The van der Waals surface area contributed by atoms with E-state index in [-0.39, 0.29) is 4.90 Å². The molecule has 0 radical (unpaired) electrons. The summed E-state index contributed by atoms with van der Waals surface area (Å²) in [6.45, 7) is -1.92. The summed E-state index contributed by atoms with van der Waals surface area (Å²) in [6, 6.07) is 0. The Hall–Kier alpha value is -1.06. The predicted molar refractivity (Wildman–Crippen MR) is 83.6 cm³/mol. The van der Waals surface area contributed by atoms with Crippen LogP contribution in [-0.2, 0) is 4.74 Å². The Morgan fingerprint density at radius 3 is 1.61 bits per heavy atom. The summed E-state index contributed by atoms with van der Waals surface area (Å²) in [4.78, 5) is 0.106. The molecule has 5 atom stereocenters. The lowest BCUT2D eigenvalue weighted by Crippen LogP contribution is -2.66. The van der Waals surface area contributed by atoms with Crippen molar-refractivity contribution in [2.45, 2.75) is 86.9 Å². The van der Waals surface area contributed by atoms with Crippen molar-refractivity contribution in [3.05, 3.63) is 0 Å². The molecule has 5 unspecified atom stereocenters. The number of rotatable bonds is 5. The number of piperidine rings is 1. The average Bonchev–Trinajstić information content (AvgIpc) is 2.70. The van der Waals surface area contributed by atoms with Crippen molar-refractivity contribution in [2.75, 3.05) is 13.1 Å². The summed E-state index contributed by atoms with van der Waals surface area (Å²) in [5, 5.41) is 0. The van der Waals surface area contributed by atoms with E-state index in [2.05, 4.69) is 4.74 Å². The minimum Gasteiger partial charge on any atom is -0.365 e. The molecule has 0 N–H and O–H groups in total. The quantitative estimate of drug-likeness (QED) is 0.312. The maximum Gasteiger partial charge on any atom is 0.429 e. The van der Waals surface area contributed by atoms with Crippen molar-refractivity contribution in [3.63, 3.8) is 0 Å². The zero-order chi connectivity index (χ0) is 25.6. The summed E-state index contributed by atoms with van der Waals surface area (Å²) < 4.78 is 192. The predicted octanol–water partition coefficient (Wildman–Crippen LogP) is 6.30. The molecule has 2 fully saturated rings. The second-order valence-corrected chi connectivity index (χ2v) is 8.08. The highest BCUT2D eigenvalue weighted by molar-refractivity contribution is 5.04. The third kappa shape index (κ3) is 5.61. The van der Waals surface area contributed by atoms with Crippen LogP contribution in [0.4, 0.5) is 61.5 Å². The molecular formula is C17H19F14NO. The number of likely N-dealkylation sites (tertiary alicyclic amines) is 1. The van der Waals surface area contributed by atoms with Crippen LogP contribution in [0.3, 0.4) is 0 Å². The lowest BCUT2D eigenvalue weighted by atomic mass is 9.86. The minimum absolute atomic E-state index is 0.106. The van der Waals surface area contributed by atoms with Gasteiger partial charge in [0.05, 0.1) is 5.92 Å². The first-order valence-electron chi connectivity index (χ1n) is 9.68. The summed E-state index contributed by atoms with van der Waals surface area (Å²) in [5.74, 6) is -7.38. The molecule has 196 valence electrons. The molecule has 33 heavy (non-hydrogen) atoms. The highest BCUT2D eigenvalue weighted by Gasteiger charge is 2.70. The molecule has 2 rings (SSSR count). The Balaban J connectivity index is 2.27. The molecule has 2 aliphatic rings. The van der Waals surface area contributed by atoms with Crippen molar-refractivity contribution in [1.82, 2.24) is 4.90 Å². The van der Waals surface area contributed by atoms with Crippen LogP contribution in [0.15, 0.2) is 0 Å². The van der Waals surface area contributed by atoms with E-state index in [4.69, 9.17) is 0 Å². The van der Waals surface area contributed by atoms with Crippen molar-refractivity contribution >= 4 is 0 Å². The molecule has 0 aromatic heterocycles. The van der Waals surface area contributed by atoms with Crippen LogP contribution in [-0.4, -0.2) is 72.8 Å². The number of hydrogen-bond acceptors (Lipinski definition) is 2. The third-order valence-corrected chi connectivity index (χ3v) is 5.88. The van der Waals surface area contributed by atoms with E-state index in [0.29, 0.717) is 0 Å². The molecule has 2 aliphatic heterocycles. The average molecular weight is 519 g/mol. The summed E-state index contributed by atoms with van der Waals surface area (Å²) in [6.07, 6.45) is -36.4. The van der Waals surface area contributed by atoms with E-state index < -0.39 is 106 Å². The van der Waals surface area contributed by atoms with Gasteiger partial charge in [-0.3, -0.25) is 4.90 Å². The molecule has 2 nitrogen and oxygen atoms in total. The van der Waals surface area contributed by atoms with Crippen molar-refractivity contribution in [2.24, 2.45) is 5.92 Å². The summed E-state index contributed by atoms with van der Waals surface area (Å²) >= 11 is 0. The Kier molecular flexibility index (Phi) is 7.85. The molecule has 0 aromatic rings. The zero-order valence-electron chi connectivity index (χ0n) is 16.5. The van der Waals surface area contributed by atoms with E-state index in [1.165, 1.54) is 0 Å². The second kappa shape index (κ2) is 9.19. The number of alkyl halides is 14. The minimum atomic E-state index is -6.14. The monoisotopic (exact) mass is 519 g/mol. The Labute approximate surface area is 178 Å². The highest BCUT2D eigenvalue weighted by atomic mass is 19.4. The highest BCUT2D eigenvalue weighted by Crippen LogP contribution is 2.49. The maximum atomic E-state index is 15.2. The number of ether oxygens (including phenoxy) is 1. The number of nitrogens with zero attached hydrogens (tertiary/aromatic N) is 1. The van der Waals surface area contributed by atoms with Crippen LogP contribution in [0, 0.1) is 5.92 Å². The number of hydrogen-bond donors (Lipinski definition) is 0. The van der Waals surface area contributed by atoms with Crippen LogP contribution in [0.1, 0.15) is 32.1 Å². The topological polar surface area (TPSA) is 12.5 Å². The maximum absolute atomic E-state index is 15.2. The van der Waals surface area contributed by atoms with Crippen LogP contribution < -0.4 is 0 Å². The lowest BCUT2D eigenvalue weighted by Gasteiger charge is -2.46. The van der Waals surface area contributed by atoms with Crippen LogP contribution in [0.5, 0.6) is 0 Å². The van der Waals surface area contributed by atoms with Gasteiger partial charge in [-0.25, -0.2) is 22.0 Å². The molecule has 0 spiro atoms. The molecular weight excluding hydrogens is 500 g/mol. The molecule has 0 bridgehead atoms. The fourth-order valence-corrected chi connectivity index (χ4v) is 3.99. The van der Waals surface area contributed by atoms with Crippen molar-refractivity contribution < 1.29 is 66.2 Å². The van der Waals surface area contributed by atoms with E-state index >= 15 is 4.39 Å². The first-order valence-corrected chi connectivity index (χ1v) is 9.68. The number of halogens is 14. The van der Waals surface area contributed by atoms with Crippen LogP contribution in [0.25, 0.3) is 0 Å². The smallest absolute Gasteiger partial charge is 0.365 e. The molecule has 16 heteroatoms. The van der Waals surface area contributed by atoms with Crippen LogP contribution >= 0.6 is 0 Å². The van der Waals surface area contributed by atoms with Gasteiger partial charge in [-0.05, 0) is 32.1 Å². The second-order valence-electron chi connectivity index (χ2n) is 8.08. The third-order valence-electron chi connectivity index (χ3n) is 5.88. The Morgan fingerprint density at radius 1 is 0.697 bits per heavy atom. The fourth-order valence-electron chi connectivity index (χ4n) is 3.99. The molecule has 2 saturated heterocycles. The van der Waals surface area contributed by atoms with Crippen molar-refractivity contribution in [1.29, 1.82) is 0 Å². The first kappa shape index (κ1) is 28.2. The normalized spacial score (nSPS) is 28.9. The van der Waals surface area contributed by atoms with Gasteiger partial charge in [0.1, 0.15) is 12.2 Å². The molecule has 0 aliphatic carbocycles. The van der Waals surface area contributed by atoms with Gasteiger partial charge in [-0.2, -0.15) is 39.5 Å². The van der Waals surface area contributed by atoms with Gasteiger partial charge >= 0.3 is 24.5 Å². The molecule has 0 aromatic carbocycles. The van der Waals surface area contributed by atoms with Gasteiger partial charge in [0.25, 0.3) is 11.8 Å². The van der Waals surface area contributed by atoms with Gasteiger partial charge in [0.2, 0.25) is 0 Å². The standard InChI is InChI=1S/C17H19F14NO/c18-11(16(26,27)28)14(21,22)10-3-1-2-9(33-10)13(20,17(29,30)31)12(19)32-6-4-8(5-7-32)15(23,24)25/h8-12H,1-7H2. The molecule has 0 amide bonds. The lowest BCUT2D eigenvalue weighted by molar-refractivity contribution is -0.336. The van der Waals surface area contributed by atoms with Gasteiger partial charge in [-0.1, -0.05) is 0 Å². The zero-order valence-corrected chi connectivity index (χ0v) is 16.5. The fraction of sp³-hybridized carbons (Fsp3) is 1.00. The summed E-state index contributed by atoms with van der Waals surface area (Å²) in [5.41, 5.74) is -5.07.